The number of anilines is 1. The van der Waals surface area contributed by atoms with Crippen molar-refractivity contribution < 1.29 is 9.53 Å². The normalized spacial score (nSPS) is 32.0. The molecule has 27 heavy (non-hydrogen) atoms. The van der Waals surface area contributed by atoms with Gasteiger partial charge in [-0.1, -0.05) is 6.07 Å². The van der Waals surface area contributed by atoms with Crippen LogP contribution in [-0.2, 0) is 4.79 Å². The van der Waals surface area contributed by atoms with E-state index in [1.54, 1.807) is 4.52 Å². The first kappa shape index (κ1) is 17.0. The summed E-state index contributed by atoms with van der Waals surface area (Å²) in [7, 11) is 0. The molecule has 4 bridgehead atoms. The van der Waals surface area contributed by atoms with Crippen molar-refractivity contribution in [2.75, 3.05) is 5.32 Å². The Labute approximate surface area is 159 Å². The molecule has 0 aromatic carbocycles. The number of hydrogen-bond donors (Lipinski definition) is 1. The molecule has 0 unspecified atom stereocenters. The van der Waals surface area contributed by atoms with Crippen LogP contribution in [0.5, 0.6) is 5.88 Å². The van der Waals surface area contributed by atoms with Gasteiger partial charge in [0, 0.05) is 6.07 Å². The van der Waals surface area contributed by atoms with Crippen LogP contribution in [0.1, 0.15) is 59.3 Å². The highest BCUT2D eigenvalue weighted by Crippen LogP contribution is 2.60. The molecule has 0 radical (unpaired) electrons. The van der Waals surface area contributed by atoms with Crippen molar-refractivity contribution >= 4 is 17.5 Å². The molecular weight excluding hydrogens is 340 g/mol. The SMILES string of the molecule is CC(C)(C)Oc1cccc2nc(NC(=O)C34CC5CC(CC(C5)C3)C4)nn12. The number of nitrogens with zero attached hydrogens (tertiary/aromatic N) is 3. The van der Waals surface area contributed by atoms with Crippen LogP contribution >= 0.6 is 0 Å². The van der Waals surface area contributed by atoms with Crippen molar-refractivity contribution in [3.63, 3.8) is 0 Å². The van der Waals surface area contributed by atoms with Crippen molar-refractivity contribution in [2.45, 2.75) is 64.9 Å². The lowest BCUT2D eigenvalue weighted by molar-refractivity contribution is -0.140. The van der Waals surface area contributed by atoms with Gasteiger partial charge in [-0.2, -0.15) is 9.50 Å². The molecular formula is C21H28N4O2. The molecule has 1 amide bonds. The van der Waals surface area contributed by atoms with Crippen LogP contribution < -0.4 is 10.1 Å². The van der Waals surface area contributed by atoms with Gasteiger partial charge in [-0.25, -0.2) is 0 Å². The van der Waals surface area contributed by atoms with E-state index in [1.165, 1.54) is 19.3 Å². The summed E-state index contributed by atoms with van der Waals surface area (Å²) >= 11 is 0. The van der Waals surface area contributed by atoms with Crippen LogP contribution in [0.15, 0.2) is 18.2 Å². The van der Waals surface area contributed by atoms with Gasteiger partial charge in [0.15, 0.2) is 5.65 Å². The predicted molar refractivity (Wildman–Crippen MR) is 103 cm³/mol. The smallest absolute Gasteiger partial charge is 0.249 e. The van der Waals surface area contributed by atoms with E-state index in [4.69, 9.17) is 4.74 Å². The molecule has 144 valence electrons. The van der Waals surface area contributed by atoms with E-state index < -0.39 is 0 Å². The standard InChI is InChI=1S/C21H28N4O2/c1-20(2,3)27-17-6-4-5-16-22-19(24-25(16)17)23-18(26)21-10-13-7-14(11-21)9-15(8-13)12-21/h4-6,13-15H,7-12H2,1-3H3,(H,23,24,26). The second kappa shape index (κ2) is 5.69. The van der Waals surface area contributed by atoms with E-state index in [2.05, 4.69) is 15.4 Å². The summed E-state index contributed by atoms with van der Waals surface area (Å²) in [5.74, 6) is 3.34. The van der Waals surface area contributed by atoms with Crippen molar-refractivity contribution in [3.05, 3.63) is 18.2 Å². The van der Waals surface area contributed by atoms with Crippen LogP contribution in [0, 0.1) is 23.2 Å². The average molecular weight is 368 g/mol. The molecule has 6 heteroatoms. The number of hydrogen-bond acceptors (Lipinski definition) is 4. The zero-order chi connectivity index (χ0) is 18.8. The summed E-state index contributed by atoms with van der Waals surface area (Å²) in [5.41, 5.74) is 0.150. The van der Waals surface area contributed by atoms with Crippen LogP contribution in [0.2, 0.25) is 0 Å². The Morgan fingerprint density at radius 1 is 1.15 bits per heavy atom. The zero-order valence-electron chi connectivity index (χ0n) is 16.4. The number of nitrogens with one attached hydrogen (secondary N) is 1. The Kier molecular flexibility index (Phi) is 3.59. The molecule has 4 aliphatic rings. The topological polar surface area (TPSA) is 68.5 Å². The monoisotopic (exact) mass is 368 g/mol. The van der Waals surface area contributed by atoms with Crippen molar-refractivity contribution in [3.8, 4) is 5.88 Å². The lowest BCUT2D eigenvalue weighted by Crippen LogP contribution is -2.51. The van der Waals surface area contributed by atoms with E-state index in [-0.39, 0.29) is 16.9 Å². The Bertz CT molecular complexity index is 860. The quantitative estimate of drug-likeness (QED) is 0.887. The Hall–Kier alpha value is -2.11. The Balaban J connectivity index is 1.40. The highest BCUT2D eigenvalue weighted by Gasteiger charge is 2.54. The lowest BCUT2D eigenvalue weighted by Gasteiger charge is -2.55. The molecule has 1 N–H and O–H groups in total. The third kappa shape index (κ3) is 2.99. The molecule has 0 spiro atoms. The average Bonchev–Trinajstić information content (AvgIpc) is 2.96. The summed E-state index contributed by atoms with van der Waals surface area (Å²) in [6, 6.07) is 5.65. The Morgan fingerprint density at radius 2 is 1.78 bits per heavy atom. The number of aromatic nitrogens is 3. The first-order valence-corrected chi connectivity index (χ1v) is 10.2. The summed E-state index contributed by atoms with van der Waals surface area (Å²) in [6.07, 6.45) is 7.09. The predicted octanol–water partition coefficient (Wildman–Crippen LogP) is 4.06. The number of pyridine rings is 1. The second-order valence-electron chi connectivity index (χ2n) is 9.94. The van der Waals surface area contributed by atoms with E-state index >= 15 is 0 Å². The molecule has 4 aliphatic carbocycles. The van der Waals surface area contributed by atoms with E-state index in [1.807, 2.05) is 39.0 Å². The maximum atomic E-state index is 13.2. The Morgan fingerprint density at radius 3 is 2.37 bits per heavy atom. The fourth-order valence-electron chi connectivity index (χ4n) is 5.95. The van der Waals surface area contributed by atoms with Gasteiger partial charge >= 0.3 is 0 Å². The van der Waals surface area contributed by atoms with Crippen molar-refractivity contribution in [1.29, 1.82) is 0 Å². The van der Waals surface area contributed by atoms with E-state index in [9.17, 15) is 4.79 Å². The fraction of sp³-hybridized carbons (Fsp3) is 0.667. The van der Waals surface area contributed by atoms with Gasteiger partial charge < -0.3 is 4.74 Å². The highest BCUT2D eigenvalue weighted by molar-refractivity contribution is 5.94. The molecule has 0 aliphatic heterocycles. The minimum Gasteiger partial charge on any atom is -0.472 e. The van der Waals surface area contributed by atoms with Crippen molar-refractivity contribution in [1.82, 2.24) is 14.6 Å². The van der Waals surface area contributed by atoms with Gasteiger partial charge in [0.2, 0.25) is 17.7 Å². The van der Waals surface area contributed by atoms with Crippen molar-refractivity contribution in [2.24, 2.45) is 23.2 Å². The molecule has 4 fully saturated rings. The lowest BCUT2D eigenvalue weighted by atomic mass is 9.49. The second-order valence-corrected chi connectivity index (χ2v) is 9.94. The van der Waals surface area contributed by atoms with Gasteiger partial charge in [0.25, 0.3) is 0 Å². The maximum Gasteiger partial charge on any atom is 0.249 e. The van der Waals surface area contributed by atoms with Gasteiger partial charge in [-0.05, 0) is 83.1 Å². The maximum absolute atomic E-state index is 13.2. The molecule has 6 rings (SSSR count). The van der Waals surface area contributed by atoms with Crippen LogP contribution in [0.4, 0.5) is 5.95 Å². The minimum atomic E-state index is -0.331. The number of ether oxygens (including phenoxy) is 1. The molecule has 2 heterocycles. The zero-order valence-corrected chi connectivity index (χ0v) is 16.4. The third-order valence-electron chi connectivity index (χ3n) is 6.48. The van der Waals surface area contributed by atoms with Crippen LogP contribution in [0.3, 0.4) is 0 Å². The molecule has 4 saturated carbocycles. The number of carbonyl (C=O) groups excluding carboxylic acids is 1. The number of carbonyl (C=O) groups is 1. The van der Waals surface area contributed by atoms with Crippen LogP contribution in [0.25, 0.3) is 5.65 Å². The number of rotatable bonds is 3. The number of amides is 1. The van der Waals surface area contributed by atoms with E-state index in [0.29, 0.717) is 17.5 Å². The minimum absolute atomic E-state index is 0.121. The fourth-order valence-corrected chi connectivity index (χ4v) is 5.95. The first-order valence-electron chi connectivity index (χ1n) is 10.2. The first-order chi connectivity index (χ1) is 12.8. The molecule has 6 nitrogen and oxygen atoms in total. The summed E-state index contributed by atoms with van der Waals surface area (Å²) in [4.78, 5) is 17.7. The summed E-state index contributed by atoms with van der Waals surface area (Å²) in [5, 5.41) is 7.55. The highest BCUT2D eigenvalue weighted by atomic mass is 16.5. The van der Waals surface area contributed by atoms with Crippen LogP contribution in [-0.4, -0.2) is 26.1 Å². The third-order valence-corrected chi connectivity index (χ3v) is 6.48. The van der Waals surface area contributed by atoms with Gasteiger partial charge in [-0.3, -0.25) is 10.1 Å². The molecule has 0 saturated heterocycles. The van der Waals surface area contributed by atoms with E-state index in [0.717, 1.165) is 37.0 Å². The number of fused-ring (bicyclic) bond motifs is 1. The molecule has 2 aromatic heterocycles. The molecule has 0 atom stereocenters. The van der Waals surface area contributed by atoms with Gasteiger partial charge in [0.1, 0.15) is 5.60 Å². The summed E-state index contributed by atoms with van der Waals surface area (Å²) in [6.45, 7) is 6.00. The van der Waals surface area contributed by atoms with Gasteiger partial charge in [-0.15, -0.1) is 5.10 Å². The largest absolute Gasteiger partial charge is 0.472 e. The molecule has 2 aromatic rings. The van der Waals surface area contributed by atoms with Gasteiger partial charge in [0.05, 0.1) is 5.41 Å². The summed E-state index contributed by atoms with van der Waals surface area (Å²) < 4.78 is 7.65.